The molecule has 0 aromatic carbocycles. The Balaban J connectivity index is 3.49. The molecule has 2 heteroatoms. The summed E-state index contributed by atoms with van der Waals surface area (Å²) in [5, 5.41) is 0. The van der Waals surface area contributed by atoms with Crippen LogP contribution in [0.15, 0.2) is 9.98 Å². The van der Waals surface area contributed by atoms with E-state index in [-0.39, 0.29) is 0 Å². The van der Waals surface area contributed by atoms with Crippen LogP contribution in [0.1, 0.15) is 80.1 Å². The zero-order chi connectivity index (χ0) is 15.4. The van der Waals surface area contributed by atoms with Crippen LogP contribution in [-0.2, 0) is 0 Å². The second kappa shape index (κ2) is 12.1. The minimum absolute atomic E-state index is 0.727. The van der Waals surface area contributed by atoms with Gasteiger partial charge < -0.3 is 0 Å². The van der Waals surface area contributed by atoms with Gasteiger partial charge in [-0.1, -0.05) is 40.5 Å². The van der Waals surface area contributed by atoms with Crippen molar-refractivity contribution in [1.29, 1.82) is 0 Å². The molecule has 0 unspecified atom stereocenters. The molecule has 20 heavy (non-hydrogen) atoms. The molecule has 0 aromatic rings. The van der Waals surface area contributed by atoms with E-state index < -0.39 is 0 Å². The van der Waals surface area contributed by atoms with Gasteiger partial charge in [-0.3, -0.25) is 9.98 Å². The first-order valence-electron chi connectivity index (χ1n) is 8.41. The largest absolute Gasteiger partial charge is 0.294 e. The van der Waals surface area contributed by atoms with E-state index in [0.717, 1.165) is 37.8 Å². The van der Waals surface area contributed by atoms with E-state index in [0.29, 0.717) is 0 Å². The molecule has 0 heterocycles. The maximum atomic E-state index is 4.63. The predicted molar refractivity (Wildman–Crippen MR) is 93.3 cm³/mol. The third-order valence-corrected chi connectivity index (χ3v) is 3.24. The average molecular weight is 280 g/mol. The summed E-state index contributed by atoms with van der Waals surface area (Å²) in [5.41, 5.74) is 2.63. The topological polar surface area (TPSA) is 24.7 Å². The van der Waals surface area contributed by atoms with E-state index in [1.807, 2.05) is 0 Å². The highest BCUT2D eigenvalue weighted by Crippen LogP contribution is 2.05. The molecular formula is C18H36N2. The van der Waals surface area contributed by atoms with Crippen molar-refractivity contribution in [3.05, 3.63) is 0 Å². The molecule has 0 rings (SSSR count). The maximum absolute atomic E-state index is 4.63. The van der Waals surface area contributed by atoms with Crippen molar-refractivity contribution in [3.8, 4) is 0 Å². The van der Waals surface area contributed by atoms with E-state index in [1.54, 1.807) is 0 Å². The van der Waals surface area contributed by atoms with Gasteiger partial charge in [0.2, 0.25) is 0 Å². The van der Waals surface area contributed by atoms with Crippen LogP contribution in [0.3, 0.4) is 0 Å². The Morgan fingerprint density at radius 1 is 0.650 bits per heavy atom. The average Bonchev–Trinajstić information content (AvgIpc) is 2.30. The first-order valence-corrected chi connectivity index (χ1v) is 8.41. The molecule has 0 atom stereocenters. The van der Waals surface area contributed by atoms with Gasteiger partial charge in [-0.2, -0.15) is 0 Å². The minimum atomic E-state index is 0.727. The molecular weight excluding hydrogens is 244 g/mol. The zero-order valence-corrected chi connectivity index (χ0v) is 14.7. The molecule has 0 amide bonds. The quantitative estimate of drug-likeness (QED) is 0.349. The highest BCUT2D eigenvalue weighted by Gasteiger charge is 1.97. The molecule has 0 aliphatic heterocycles. The minimum Gasteiger partial charge on any atom is -0.294 e. The highest BCUT2D eigenvalue weighted by atomic mass is 14.7. The van der Waals surface area contributed by atoms with Crippen LogP contribution < -0.4 is 0 Å². The summed E-state index contributed by atoms with van der Waals surface area (Å²) in [5.74, 6) is 1.45. The lowest BCUT2D eigenvalue weighted by Crippen LogP contribution is -2.00. The third-order valence-electron chi connectivity index (χ3n) is 3.24. The second-order valence-electron chi connectivity index (χ2n) is 6.84. The number of hydrogen-bond donors (Lipinski definition) is 0. The van der Waals surface area contributed by atoms with Gasteiger partial charge in [0.05, 0.1) is 0 Å². The lowest BCUT2D eigenvalue weighted by molar-refractivity contribution is 0.644. The van der Waals surface area contributed by atoms with Gasteiger partial charge in [0.15, 0.2) is 0 Å². The molecule has 0 aromatic heterocycles. The first-order chi connectivity index (χ1) is 9.41. The smallest absolute Gasteiger partial charge is 0.0388 e. The van der Waals surface area contributed by atoms with E-state index in [1.165, 1.54) is 37.1 Å². The Labute approximate surface area is 127 Å². The summed E-state index contributed by atoms with van der Waals surface area (Å²) in [6.45, 7) is 15.3. The second-order valence-corrected chi connectivity index (χ2v) is 6.84. The number of unbranched alkanes of at least 4 members (excludes halogenated alkanes) is 3. The summed E-state index contributed by atoms with van der Waals surface area (Å²) < 4.78 is 0. The molecule has 0 radical (unpaired) electrons. The van der Waals surface area contributed by atoms with Crippen molar-refractivity contribution in [3.63, 3.8) is 0 Å². The van der Waals surface area contributed by atoms with Crippen LogP contribution in [0, 0.1) is 11.8 Å². The maximum Gasteiger partial charge on any atom is 0.0388 e. The van der Waals surface area contributed by atoms with Gasteiger partial charge >= 0.3 is 0 Å². The molecule has 118 valence electrons. The summed E-state index contributed by atoms with van der Waals surface area (Å²) in [4.78, 5) is 9.26. The zero-order valence-electron chi connectivity index (χ0n) is 14.7. The Bertz CT molecular complexity index is 258. The molecule has 0 saturated carbocycles. The van der Waals surface area contributed by atoms with Gasteiger partial charge in [-0.15, -0.1) is 0 Å². The summed E-state index contributed by atoms with van der Waals surface area (Å²) in [7, 11) is 0. The lowest BCUT2D eigenvalue weighted by atomic mass is 10.1. The van der Waals surface area contributed by atoms with Crippen molar-refractivity contribution in [2.45, 2.75) is 80.1 Å². The number of aliphatic imine (C=N–C) groups is 2. The van der Waals surface area contributed by atoms with Crippen LogP contribution in [-0.4, -0.2) is 24.5 Å². The van der Waals surface area contributed by atoms with Crippen molar-refractivity contribution >= 4 is 11.4 Å². The molecule has 0 spiro atoms. The fraction of sp³-hybridized carbons (Fsp3) is 0.889. The Hall–Kier alpha value is -0.660. The predicted octanol–water partition coefficient (Wildman–Crippen LogP) is 5.56. The van der Waals surface area contributed by atoms with Gasteiger partial charge in [-0.25, -0.2) is 0 Å². The molecule has 0 bridgehead atoms. The number of nitrogens with zero attached hydrogens (tertiary/aromatic N) is 2. The summed E-state index contributed by atoms with van der Waals surface area (Å²) in [6.07, 6.45) is 7.32. The Morgan fingerprint density at radius 3 is 1.30 bits per heavy atom. The Morgan fingerprint density at radius 2 is 1.00 bits per heavy atom. The van der Waals surface area contributed by atoms with Crippen LogP contribution >= 0.6 is 0 Å². The van der Waals surface area contributed by atoms with Crippen LogP contribution in [0.5, 0.6) is 0 Å². The highest BCUT2D eigenvalue weighted by molar-refractivity contribution is 5.82. The standard InChI is InChI=1S/C18H36N2/c1-15(2)13-17(5)19-11-9-7-8-10-12-20-18(6)14-16(3)4/h15-16H,7-14H2,1-6H3/b19-17+,20-18+. The van der Waals surface area contributed by atoms with Crippen molar-refractivity contribution < 1.29 is 0 Å². The van der Waals surface area contributed by atoms with Crippen molar-refractivity contribution in [1.82, 2.24) is 0 Å². The summed E-state index contributed by atoms with van der Waals surface area (Å²) >= 11 is 0. The Kier molecular flexibility index (Phi) is 11.7. The lowest BCUT2D eigenvalue weighted by Gasteiger charge is -2.05. The monoisotopic (exact) mass is 280 g/mol. The first kappa shape index (κ1) is 19.3. The van der Waals surface area contributed by atoms with Gasteiger partial charge in [0.1, 0.15) is 0 Å². The summed E-state index contributed by atoms with van der Waals surface area (Å²) in [6, 6.07) is 0. The number of rotatable bonds is 11. The molecule has 0 aliphatic carbocycles. The van der Waals surface area contributed by atoms with Gasteiger partial charge in [0, 0.05) is 24.5 Å². The van der Waals surface area contributed by atoms with E-state index in [2.05, 4.69) is 51.5 Å². The van der Waals surface area contributed by atoms with Crippen molar-refractivity contribution in [2.75, 3.05) is 13.1 Å². The number of hydrogen-bond acceptors (Lipinski definition) is 2. The fourth-order valence-corrected chi connectivity index (χ4v) is 2.43. The molecule has 0 aliphatic rings. The van der Waals surface area contributed by atoms with Crippen molar-refractivity contribution in [2.24, 2.45) is 21.8 Å². The third kappa shape index (κ3) is 13.8. The van der Waals surface area contributed by atoms with E-state index in [9.17, 15) is 0 Å². The SMILES string of the molecule is C/C(CC(C)C)=N\CCCCCC/N=C(\C)CC(C)C. The van der Waals surface area contributed by atoms with Crippen LogP contribution in [0.2, 0.25) is 0 Å². The molecule has 2 nitrogen and oxygen atoms in total. The van der Waals surface area contributed by atoms with E-state index >= 15 is 0 Å². The normalized spacial score (nSPS) is 13.6. The fourth-order valence-electron chi connectivity index (χ4n) is 2.43. The van der Waals surface area contributed by atoms with Gasteiger partial charge in [-0.05, 0) is 51.4 Å². The molecule has 0 N–H and O–H groups in total. The van der Waals surface area contributed by atoms with Gasteiger partial charge in [0.25, 0.3) is 0 Å². The molecule has 0 saturated heterocycles. The van der Waals surface area contributed by atoms with Crippen LogP contribution in [0.4, 0.5) is 0 Å². The molecule has 0 fully saturated rings. The van der Waals surface area contributed by atoms with Crippen LogP contribution in [0.25, 0.3) is 0 Å². The van der Waals surface area contributed by atoms with E-state index in [4.69, 9.17) is 0 Å².